The molecule has 7 nitrogen and oxygen atoms in total. The van der Waals surface area contributed by atoms with Crippen molar-refractivity contribution in [2.45, 2.75) is 0 Å². The molecule has 0 N–H and O–H groups in total. The van der Waals surface area contributed by atoms with Gasteiger partial charge in [0.2, 0.25) is 0 Å². The Morgan fingerprint density at radius 1 is 1.47 bits per heavy atom. The van der Waals surface area contributed by atoms with Crippen LogP contribution in [0.4, 0.5) is 10.1 Å². The lowest BCUT2D eigenvalue weighted by Gasteiger charge is -2.02. The van der Waals surface area contributed by atoms with Gasteiger partial charge in [0.05, 0.1) is 11.4 Å². The normalized spacial score (nSPS) is 9.67. The Morgan fingerprint density at radius 3 is 3.00 bits per heavy atom. The van der Waals surface area contributed by atoms with Gasteiger partial charge in [0.15, 0.2) is 0 Å². The van der Waals surface area contributed by atoms with Gasteiger partial charge in [-0.25, -0.2) is 9.07 Å². The maximum atomic E-state index is 12.9. The molecule has 0 amide bonds. The third-order valence-electron chi connectivity index (χ3n) is 1.69. The molecular formula is C7H4FN7. The number of hydrogen-bond acceptors (Lipinski definition) is 4. The number of rotatable bonds is 2. The van der Waals surface area contributed by atoms with Crippen molar-refractivity contribution in [2.75, 3.05) is 0 Å². The molecule has 2 aromatic rings. The van der Waals surface area contributed by atoms with E-state index in [2.05, 4.69) is 25.6 Å². The van der Waals surface area contributed by atoms with E-state index in [-0.39, 0.29) is 5.69 Å². The third kappa shape index (κ3) is 1.74. The topological polar surface area (TPSA) is 92.4 Å². The van der Waals surface area contributed by atoms with Crippen LogP contribution in [0, 0.1) is 5.82 Å². The predicted octanol–water partition coefficient (Wildman–Crippen LogP) is 1.74. The Kier molecular flexibility index (Phi) is 2.26. The molecule has 0 unspecified atom stereocenters. The van der Waals surface area contributed by atoms with E-state index < -0.39 is 5.82 Å². The molecule has 0 aliphatic carbocycles. The van der Waals surface area contributed by atoms with Crippen molar-refractivity contribution in [3.05, 3.63) is 40.8 Å². The van der Waals surface area contributed by atoms with E-state index >= 15 is 0 Å². The second-order valence-corrected chi connectivity index (χ2v) is 2.58. The molecule has 8 heteroatoms. The number of aromatic nitrogens is 4. The Morgan fingerprint density at radius 2 is 2.33 bits per heavy atom. The van der Waals surface area contributed by atoms with Crippen LogP contribution in [0.2, 0.25) is 0 Å². The summed E-state index contributed by atoms with van der Waals surface area (Å²) >= 11 is 0. The zero-order chi connectivity index (χ0) is 10.7. The molecular weight excluding hydrogens is 201 g/mol. The second kappa shape index (κ2) is 3.72. The van der Waals surface area contributed by atoms with Crippen LogP contribution < -0.4 is 0 Å². The summed E-state index contributed by atoms with van der Waals surface area (Å²) in [4.78, 5) is 2.59. The molecule has 0 fully saturated rings. The van der Waals surface area contributed by atoms with E-state index in [0.717, 1.165) is 6.07 Å². The predicted molar refractivity (Wildman–Crippen MR) is 47.9 cm³/mol. The molecule has 0 spiro atoms. The van der Waals surface area contributed by atoms with Crippen molar-refractivity contribution >= 4 is 5.69 Å². The highest BCUT2D eigenvalue weighted by atomic mass is 19.1. The first-order chi connectivity index (χ1) is 7.31. The average Bonchev–Trinajstić information content (AvgIpc) is 2.71. The van der Waals surface area contributed by atoms with Crippen LogP contribution in [0.25, 0.3) is 16.1 Å². The van der Waals surface area contributed by atoms with Gasteiger partial charge in [-0.15, -0.1) is 5.10 Å². The average molecular weight is 205 g/mol. The first-order valence-electron chi connectivity index (χ1n) is 3.89. The fraction of sp³-hybridized carbons (Fsp3) is 0. The van der Waals surface area contributed by atoms with Crippen LogP contribution in [-0.4, -0.2) is 20.2 Å². The standard InChI is InChI=1S/C7H4FN7/c8-5-1-2-7(6(3-5)11-12-9)15-4-10-13-14-15/h1-4H. The Labute approximate surface area is 82.8 Å². The van der Waals surface area contributed by atoms with Gasteiger partial charge in [-0.3, -0.25) is 0 Å². The smallest absolute Gasteiger partial charge is 0.143 e. The highest BCUT2D eigenvalue weighted by Crippen LogP contribution is 2.23. The number of hydrogen-bond donors (Lipinski definition) is 0. The number of nitrogens with zero attached hydrogens (tertiary/aromatic N) is 7. The molecule has 0 aliphatic heterocycles. The fourth-order valence-electron chi connectivity index (χ4n) is 1.09. The first-order valence-corrected chi connectivity index (χ1v) is 3.89. The second-order valence-electron chi connectivity index (χ2n) is 2.58. The first kappa shape index (κ1) is 9.10. The van der Waals surface area contributed by atoms with Gasteiger partial charge in [0.25, 0.3) is 0 Å². The summed E-state index contributed by atoms with van der Waals surface area (Å²) in [7, 11) is 0. The van der Waals surface area contributed by atoms with Gasteiger partial charge in [0, 0.05) is 4.91 Å². The molecule has 1 aromatic heterocycles. The molecule has 1 heterocycles. The van der Waals surface area contributed by atoms with Gasteiger partial charge in [-0.05, 0) is 34.2 Å². The SMILES string of the molecule is [N-]=[N+]=Nc1cc(F)ccc1-n1cnnn1. The van der Waals surface area contributed by atoms with Gasteiger partial charge in [-0.1, -0.05) is 5.11 Å². The van der Waals surface area contributed by atoms with Crippen molar-refractivity contribution in [1.82, 2.24) is 20.2 Å². The van der Waals surface area contributed by atoms with E-state index in [1.54, 1.807) is 0 Å². The van der Waals surface area contributed by atoms with Crippen LogP contribution in [-0.2, 0) is 0 Å². The Balaban J connectivity index is 2.60. The molecule has 0 aliphatic rings. The van der Waals surface area contributed by atoms with E-state index in [1.807, 2.05) is 0 Å². The minimum absolute atomic E-state index is 0.129. The maximum Gasteiger partial charge on any atom is 0.143 e. The number of azide groups is 1. The molecule has 0 saturated carbocycles. The van der Waals surface area contributed by atoms with Gasteiger partial charge in [0.1, 0.15) is 12.1 Å². The zero-order valence-electron chi connectivity index (χ0n) is 7.32. The lowest BCUT2D eigenvalue weighted by Crippen LogP contribution is -1.95. The summed E-state index contributed by atoms with van der Waals surface area (Å²) in [6, 6.07) is 3.76. The van der Waals surface area contributed by atoms with E-state index in [9.17, 15) is 4.39 Å². The van der Waals surface area contributed by atoms with Crippen LogP contribution in [0.15, 0.2) is 29.6 Å². The van der Waals surface area contributed by atoms with Crippen LogP contribution in [0.5, 0.6) is 0 Å². The molecule has 15 heavy (non-hydrogen) atoms. The van der Waals surface area contributed by atoms with E-state index in [0.29, 0.717) is 5.69 Å². The summed E-state index contributed by atoms with van der Waals surface area (Å²) in [5.74, 6) is -0.491. The van der Waals surface area contributed by atoms with Gasteiger partial charge >= 0.3 is 0 Å². The van der Waals surface area contributed by atoms with E-state index in [4.69, 9.17) is 5.53 Å². The monoisotopic (exact) mass is 205 g/mol. The molecule has 0 saturated heterocycles. The summed E-state index contributed by atoms with van der Waals surface area (Å²) in [6.07, 6.45) is 1.32. The molecule has 74 valence electrons. The van der Waals surface area contributed by atoms with Crippen molar-refractivity contribution in [3.8, 4) is 5.69 Å². The summed E-state index contributed by atoms with van der Waals surface area (Å²) < 4.78 is 14.1. The molecule has 2 rings (SSSR count). The van der Waals surface area contributed by atoms with Crippen LogP contribution in [0.3, 0.4) is 0 Å². The molecule has 0 atom stereocenters. The van der Waals surface area contributed by atoms with E-state index in [1.165, 1.54) is 23.1 Å². The molecule has 0 bridgehead atoms. The van der Waals surface area contributed by atoms with Crippen molar-refractivity contribution < 1.29 is 4.39 Å². The van der Waals surface area contributed by atoms with Crippen LogP contribution in [0.1, 0.15) is 0 Å². The summed E-state index contributed by atoms with van der Waals surface area (Å²) in [5.41, 5.74) is 8.85. The highest BCUT2D eigenvalue weighted by molar-refractivity contribution is 5.56. The summed E-state index contributed by atoms with van der Waals surface area (Å²) in [5, 5.41) is 13.8. The number of tetrazole rings is 1. The minimum Gasteiger partial charge on any atom is -0.207 e. The fourth-order valence-corrected chi connectivity index (χ4v) is 1.09. The zero-order valence-corrected chi connectivity index (χ0v) is 7.32. The largest absolute Gasteiger partial charge is 0.207 e. The van der Waals surface area contributed by atoms with Crippen LogP contribution >= 0.6 is 0 Å². The lowest BCUT2D eigenvalue weighted by atomic mass is 10.2. The minimum atomic E-state index is -0.491. The lowest BCUT2D eigenvalue weighted by molar-refractivity contribution is 0.627. The highest BCUT2D eigenvalue weighted by Gasteiger charge is 2.05. The maximum absolute atomic E-state index is 12.9. The number of benzene rings is 1. The van der Waals surface area contributed by atoms with Crippen molar-refractivity contribution in [1.29, 1.82) is 0 Å². The van der Waals surface area contributed by atoms with Crippen molar-refractivity contribution in [2.24, 2.45) is 5.11 Å². The quantitative estimate of drug-likeness (QED) is 0.424. The van der Waals surface area contributed by atoms with Gasteiger partial charge < -0.3 is 0 Å². The third-order valence-corrected chi connectivity index (χ3v) is 1.69. The Bertz CT molecular complexity index is 514. The van der Waals surface area contributed by atoms with Crippen molar-refractivity contribution in [3.63, 3.8) is 0 Å². The molecule has 0 radical (unpaired) electrons. The number of halogens is 1. The summed E-state index contributed by atoms with van der Waals surface area (Å²) in [6.45, 7) is 0. The Hall–Kier alpha value is -2.47. The molecule has 1 aromatic carbocycles. The van der Waals surface area contributed by atoms with Gasteiger partial charge in [-0.2, -0.15) is 0 Å².